The summed E-state index contributed by atoms with van der Waals surface area (Å²) in [5.74, 6) is -0.0405. The maximum atomic E-state index is 13.4. The van der Waals surface area contributed by atoms with E-state index in [0.717, 1.165) is 37.7 Å². The minimum atomic E-state index is -1.01. The number of carbonyl (C=O) groups excluding carboxylic acids is 3. The second kappa shape index (κ2) is 12.4. The number of ether oxygens (including phenoxy) is 1. The fraction of sp³-hybridized carbons (Fsp3) is 0.560. The van der Waals surface area contributed by atoms with Crippen LogP contribution < -0.4 is 16.4 Å². The first-order valence-corrected chi connectivity index (χ1v) is 11.9. The van der Waals surface area contributed by atoms with E-state index in [1.807, 2.05) is 30.3 Å². The van der Waals surface area contributed by atoms with Gasteiger partial charge in [0, 0.05) is 32.1 Å². The van der Waals surface area contributed by atoms with Gasteiger partial charge in [0.05, 0.1) is 0 Å². The molecule has 1 aliphatic carbocycles. The Balaban J connectivity index is 1.63. The smallest absolute Gasteiger partial charge is 0.408 e. The maximum Gasteiger partial charge on any atom is 0.408 e. The minimum absolute atomic E-state index is 0.134. The summed E-state index contributed by atoms with van der Waals surface area (Å²) < 4.78 is 5.49. The zero-order valence-corrected chi connectivity index (χ0v) is 19.2. The maximum absolute atomic E-state index is 13.4. The Kier molecular flexibility index (Phi) is 9.30. The van der Waals surface area contributed by atoms with Crippen LogP contribution in [0, 0.1) is 5.92 Å². The van der Waals surface area contributed by atoms with Gasteiger partial charge in [-0.2, -0.15) is 0 Å². The summed E-state index contributed by atoms with van der Waals surface area (Å²) in [6, 6.07) is 9.13. The number of nitrogens with two attached hydrogens (primary N) is 1. The molecular formula is C25H36N4O4. The van der Waals surface area contributed by atoms with Crippen molar-refractivity contribution in [2.45, 2.75) is 63.1 Å². The van der Waals surface area contributed by atoms with Crippen LogP contribution in [0.5, 0.6) is 0 Å². The van der Waals surface area contributed by atoms with Crippen molar-refractivity contribution in [2.75, 3.05) is 19.6 Å². The van der Waals surface area contributed by atoms with Gasteiger partial charge in [-0.1, -0.05) is 36.4 Å². The second-order valence-electron chi connectivity index (χ2n) is 8.97. The Bertz CT molecular complexity index is 808. The van der Waals surface area contributed by atoms with Crippen LogP contribution in [0.15, 0.2) is 43.0 Å². The lowest BCUT2D eigenvalue weighted by Crippen LogP contribution is -2.51. The van der Waals surface area contributed by atoms with Gasteiger partial charge in [-0.05, 0) is 50.0 Å². The lowest BCUT2D eigenvalue weighted by molar-refractivity contribution is -0.145. The number of benzene rings is 1. The molecular weight excluding hydrogens is 420 g/mol. The van der Waals surface area contributed by atoms with Crippen molar-refractivity contribution in [3.05, 3.63) is 48.6 Å². The number of carbonyl (C=O) groups is 3. The van der Waals surface area contributed by atoms with Crippen molar-refractivity contribution in [1.29, 1.82) is 0 Å². The summed E-state index contributed by atoms with van der Waals surface area (Å²) in [6.07, 6.45) is 5.44. The van der Waals surface area contributed by atoms with E-state index < -0.39 is 18.2 Å². The highest BCUT2D eigenvalue weighted by Gasteiger charge is 2.38. The van der Waals surface area contributed by atoms with Crippen LogP contribution in [0.25, 0.3) is 0 Å². The van der Waals surface area contributed by atoms with E-state index in [1.165, 1.54) is 6.08 Å². The third-order valence-electron chi connectivity index (χ3n) is 6.47. The van der Waals surface area contributed by atoms with Gasteiger partial charge >= 0.3 is 6.09 Å². The highest BCUT2D eigenvalue weighted by molar-refractivity contribution is 5.91. The van der Waals surface area contributed by atoms with Gasteiger partial charge in [0.15, 0.2) is 6.10 Å². The fourth-order valence-electron chi connectivity index (χ4n) is 4.58. The van der Waals surface area contributed by atoms with E-state index >= 15 is 0 Å². The first kappa shape index (κ1) is 24.8. The molecule has 0 spiro atoms. The second-order valence-corrected chi connectivity index (χ2v) is 8.97. The van der Waals surface area contributed by atoms with Crippen molar-refractivity contribution >= 4 is 17.9 Å². The Morgan fingerprint density at radius 1 is 1.12 bits per heavy atom. The molecule has 1 heterocycles. The van der Waals surface area contributed by atoms with Crippen LogP contribution in [0.3, 0.4) is 0 Å². The molecule has 1 saturated heterocycles. The molecule has 4 N–H and O–H groups in total. The van der Waals surface area contributed by atoms with Gasteiger partial charge in [-0.25, -0.2) is 4.79 Å². The van der Waals surface area contributed by atoms with Crippen LogP contribution in [-0.4, -0.2) is 60.6 Å². The molecule has 8 heteroatoms. The Morgan fingerprint density at radius 3 is 2.55 bits per heavy atom. The molecule has 3 rings (SSSR count). The molecule has 180 valence electrons. The Labute approximate surface area is 195 Å². The van der Waals surface area contributed by atoms with E-state index in [4.69, 9.17) is 10.5 Å². The van der Waals surface area contributed by atoms with E-state index in [9.17, 15) is 14.4 Å². The van der Waals surface area contributed by atoms with Gasteiger partial charge in [0.25, 0.3) is 5.91 Å². The monoisotopic (exact) mass is 456 g/mol. The third-order valence-corrected chi connectivity index (χ3v) is 6.47. The molecule has 0 bridgehead atoms. The molecule has 1 saturated carbocycles. The zero-order valence-electron chi connectivity index (χ0n) is 19.2. The van der Waals surface area contributed by atoms with E-state index in [0.29, 0.717) is 25.4 Å². The van der Waals surface area contributed by atoms with Crippen LogP contribution in [-0.2, 0) is 20.7 Å². The SMILES string of the molecule is C=CCNC(=O)OC(Cc1ccccc1)C(=O)N1CCCC1C(=O)NCC1CCC(N)CC1. The number of amides is 3. The van der Waals surface area contributed by atoms with Crippen molar-refractivity contribution in [3.63, 3.8) is 0 Å². The molecule has 8 nitrogen and oxygen atoms in total. The molecule has 2 unspecified atom stereocenters. The van der Waals surface area contributed by atoms with E-state index in [-0.39, 0.29) is 30.8 Å². The normalized spacial score (nSPS) is 23.4. The summed E-state index contributed by atoms with van der Waals surface area (Å²) in [4.78, 5) is 40.1. The summed E-state index contributed by atoms with van der Waals surface area (Å²) in [6.45, 7) is 4.89. The minimum Gasteiger partial charge on any atom is -0.436 e. The zero-order chi connectivity index (χ0) is 23.6. The lowest BCUT2D eigenvalue weighted by Gasteiger charge is -2.30. The summed E-state index contributed by atoms with van der Waals surface area (Å²) in [7, 11) is 0. The molecule has 3 amide bonds. The summed E-state index contributed by atoms with van der Waals surface area (Å²) in [5.41, 5.74) is 6.85. The number of hydrogen-bond acceptors (Lipinski definition) is 5. The van der Waals surface area contributed by atoms with Crippen molar-refractivity contribution in [1.82, 2.24) is 15.5 Å². The van der Waals surface area contributed by atoms with Gasteiger partial charge in [0.1, 0.15) is 6.04 Å². The Hall–Kier alpha value is -2.87. The van der Waals surface area contributed by atoms with Gasteiger partial charge in [-0.3, -0.25) is 9.59 Å². The quantitative estimate of drug-likeness (QED) is 0.493. The van der Waals surface area contributed by atoms with Crippen molar-refractivity contribution in [2.24, 2.45) is 11.7 Å². The standard InChI is InChI=1S/C25H36N4O4/c1-2-14-27-25(32)33-22(16-18-7-4-3-5-8-18)24(31)29-15-6-9-21(29)23(30)28-17-19-10-12-20(26)13-11-19/h2-5,7-8,19-22H,1,6,9-17,26H2,(H,27,32)(H,28,30). The van der Waals surface area contributed by atoms with Gasteiger partial charge in [0.2, 0.25) is 5.91 Å². The predicted octanol–water partition coefficient (Wildman–Crippen LogP) is 2.13. The van der Waals surface area contributed by atoms with Gasteiger partial charge in [-0.15, -0.1) is 6.58 Å². The Morgan fingerprint density at radius 2 is 1.85 bits per heavy atom. The number of hydrogen-bond donors (Lipinski definition) is 3. The van der Waals surface area contributed by atoms with Crippen LogP contribution >= 0.6 is 0 Å². The molecule has 1 aromatic rings. The van der Waals surface area contributed by atoms with Gasteiger partial charge < -0.3 is 26.0 Å². The molecule has 33 heavy (non-hydrogen) atoms. The molecule has 1 aromatic carbocycles. The molecule has 0 aromatic heterocycles. The number of alkyl carbamates (subject to hydrolysis) is 1. The molecule has 2 aliphatic rings. The number of nitrogens with zero attached hydrogens (tertiary/aromatic N) is 1. The molecule has 0 radical (unpaired) electrons. The summed E-state index contributed by atoms with van der Waals surface area (Å²) >= 11 is 0. The van der Waals surface area contributed by atoms with Crippen LogP contribution in [0.1, 0.15) is 44.1 Å². The average molecular weight is 457 g/mol. The predicted molar refractivity (Wildman–Crippen MR) is 126 cm³/mol. The number of nitrogens with one attached hydrogen (secondary N) is 2. The molecule has 2 atom stereocenters. The van der Waals surface area contributed by atoms with Crippen LogP contribution in [0.4, 0.5) is 4.79 Å². The fourth-order valence-corrected chi connectivity index (χ4v) is 4.58. The first-order chi connectivity index (χ1) is 16.0. The third kappa shape index (κ3) is 7.32. The highest BCUT2D eigenvalue weighted by atomic mass is 16.6. The molecule has 1 aliphatic heterocycles. The number of likely N-dealkylation sites (tertiary alicyclic amines) is 1. The van der Waals surface area contributed by atoms with E-state index in [2.05, 4.69) is 17.2 Å². The van der Waals surface area contributed by atoms with Crippen molar-refractivity contribution < 1.29 is 19.1 Å². The summed E-state index contributed by atoms with van der Waals surface area (Å²) in [5, 5.41) is 5.60. The topological polar surface area (TPSA) is 114 Å². The lowest BCUT2D eigenvalue weighted by atomic mass is 9.86. The number of rotatable bonds is 9. The first-order valence-electron chi connectivity index (χ1n) is 11.9. The molecule has 2 fully saturated rings. The highest BCUT2D eigenvalue weighted by Crippen LogP contribution is 2.24. The van der Waals surface area contributed by atoms with Crippen LogP contribution in [0.2, 0.25) is 0 Å². The van der Waals surface area contributed by atoms with Crippen molar-refractivity contribution in [3.8, 4) is 0 Å². The van der Waals surface area contributed by atoms with E-state index in [1.54, 1.807) is 4.90 Å². The average Bonchev–Trinajstić information content (AvgIpc) is 3.32. The largest absolute Gasteiger partial charge is 0.436 e.